The molecular weight excluding hydrogens is 237 g/mol. The van der Waals surface area contributed by atoms with Crippen molar-refractivity contribution in [3.63, 3.8) is 0 Å². The van der Waals surface area contributed by atoms with Gasteiger partial charge in [0.25, 0.3) is 5.60 Å². The number of alkyl halides is 3. The van der Waals surface area contributed by atoms with Gasteiger partial charge in [-0.3, -0.25) is 0 Å². The van der Waals surface area contributed by atoms with E-state index in [4.69, 9.17) is 5.11 Å². The molecule has 0 saturated heterocycles. The molecule has 0 saturated carbocycles. The number of carbonyl (C=O) groups is 1. The molecular formula is C11H11F3O3. The summed E-state index contributed by atoms with van der Waals surface area (Å²) < 4.78 is 37.6. The molecule has 2 N–H and O–H groups in total. The maximum atomic E-state index is 12.5. The lowest BCUT2D eigenvalue weighted by Gasteiger charge is -2.26. The van der Waals surface area contributed by atoms with Gasteiger partial charge in [-0.2, -0.15) is 13.2 Å². The largest absolute Gasteiger partial charge is 0.479 e. The lowest BCUT2D eigenvalue weighted by atomic mass is 9.91. The normalized spacial score (nSPS) is 15.4. The Morgan fingerprint density at radius 3 is 2.24 bits per heavy atom. The number of hydrogen-bond acceptors (Lipinski definition) is 2. The summed E-state index contributed by atoms with van der Waals surface area (Å²) in [5, 5.41) is 17.8. The summed E-state index contributed by atoms with van der Waals surface area (Å²) in [4.78, 5) is 10.6. The third-order valence-electron chi connectivity index (χ3n) is 2.53. The van der Waals surface area contributed by atoms with Gasteiger partial charge in [0.15, 0.2) is 0 Å². The first kappa shape index (κ1) is 13.5. The molecule has 17 heavy (non-hydrogen) atoms. The van der Waals surface area contributed by atoms with Crippen LogP contribution in [0, 0.1) is 6.92 Å². The van der Waals surface area contributed by atoms with Crippen LogP contribution >= 0.6 is 0 Å². The Hall–Kier alpha value is -1.56. The van der Waals surface area contributed by atoms with Crippen LogP contribution in [0.15, 0.2) is 24.3 Å². The van der Waals surface area contributed by atoms with Gasteiger partial charge in [-0.25, -0.2) is 4.79 Å². The van der Waals surface area contributed by atoms with Crippen molar-refractivity contribution in [2.45, 2.75) is 25.1 Å². The first-order valence-electron chi connectivity index (χ1n) is 4.75. The summed E-state index contributed by atoms with van der Waals surface area (Å²) in [5.41, 5.74) is -3.11. The maximum Gasteiger partial charge on any atom is 0.428 e. The predicted molar refractivity (Wildman–Crippen MR) is 53.5 cm³/mol. The van der Waals surface area contributed by atoms with E-state index in [1.54, 1.807) is 19.1 Å². The Kier molecular flexibility index (Phi) is 3.47. The molecule has 0 amide bonds. The highest BCUT2D eigenvalue weighted by Gasteiger charge is 2.59. The van der Waals surface area contributed by atoms with Gasteiger partial charge in [-0.15, -0.1) is 0 Å². The van der Waals surface area contributed by atoms with E-state index in [1.165, 1.54) is 12.1 Å². The molecule has 0 aromatic heterocycles. The molecule has 1 aromatic carbocycles. The minimum absolute atomic E-state index is 0.148. The van der Waals surface area contributed by atoms with Gasteiger partial charge in [-0.05, 0) is 18.1 Å². The van der Waals surface area contributed by atoms with Crippen LogP contribution < -0.4 is 0 Å². The minimum Gasteiger partial charge on any atom is -0.479 e. The molecule has 0 aliphatic carbocycles. The van der Waals surface area contributed by atoms with Crippen molar-refractivity contribution in [3.8, 4) is 0 Å². The Labute approximate surface area is 95.5 Å². The van der Waals surface area contributed by atoms with E-state index >= 15 is 0 Å². The van der Waals surface area contributed by atoms with Crippen LogP contribution in [0.2, 0.25) is 0 Å². The number of benzene rings is 1. The number of carboxylic acids is 1. The van der Waals surface area contributed by atoms with Crippen molar-refractivity contribution in [3.05, 3.63) is 35.4 Å². The zero-order valence-electron chi connectivity index (χ0n) is 8.95. The van der Waals surface area contributed by atoms with E-state index < -0.39 is 24.2 Å². The molecule has 0 heterocycles. The summed E-state index contributed by atoms with van der Waals surface area (Å²) in [5.74, 6) is -2.30. The second kappa shape index (κ2) is 4.37. The number of aryl methyl sites for hydroxylation is 1. The maximum absolute atomic E-state index is 12.5. The highest BCUT2D eigenvalue weighted by molar-refractivity contribution is 5.78. The first-order valence-corrected chi connectivity index (χ1v) is 4.75. The van der Waals surface area contributed by atoms with Crippen LogP contribution in [0.4, 0.5) is 13.2 Å². The van der Waals surface area contributed by atoms with Crippen LogP contribution in [0.1, 0.15) is 11.1 Å². The fourth-order valence-electron chi connectivity index (χ4n) is 1.38. The number of carboxylic acid groups (broad SMARTS) is 1. The summed E-state index contributed by atoms with van der Waals surface area (Å²) in [7, 11) is 0. The van der Waals surface area contributed by atoms with E-state index in [2.05, 4.69) is 0 Å². The van der Waals surface area contributed by atoms with Crippen LogP contribution in [0.3, 0.4) is 0 Å². The summed E-state index contributed by atoms with van der Waals surface area (Å²) in [6.45, 7) is 1.55. The highest BCUT2D eigenvalue weighted by atomic mass is 19.4. The third kappa shape index (κ3) is 2.58. The number of halogens is 3. The summed E-state index contributed by atoms with van der Waals surface area (Å²) in [6, 6.07) is 6.01. The zero-order valence-corrected chi connectivity index (χ0v) is 8.95. The Balaban J connectivity index is 3.13. The van der Waals surface area contributed by atoms with Gasteiger partial charge < -0.3 is 10.2 Å². The molecule has 0 spiro atoms. The van der Waals surface area contributed by atoms with Crippen molar-refractivity contribution in [1.82, 2.24) is 0 Å². The van der Waals surface area contributed by atoms with Crippen LogP contribution in [-0.2, 0) is 11.2 Å². The monoisotopic (exact) mass is 248 g/mol. The second-order valence-electron chi connectivity index (χ2n) is 3.77. The van der Waals surface area contributed by atoms with Gasteiger partial charge in [0.1, 0.15) is 0 Å². The molecule has 1 rings (SSSR count). The van der Waals surface area contributed by atoms with Gasteiger partial charge in [0.2, 0.25) is 0 Å². The lowest BCUT2D eigenvalue weighted by Crippen LogP contribution is -2.53. The van der Waals surface area contributed by atoms with Gasteiger partial charge in [0, 0.05) is 6.42 Å². The van der Waals surface area contributed by atoms with Gasteiger partial charge in [-0.1, -0.05) is 24.3 Å². The third-order valence-corrected chi connectivity index (χ3v) is 2.53. The molecule has 6 heteroatoms. The fraction of sp³-hybridized carbons (Fsp3) is 0.364. The van der Waals surface area contributed by atoms with E-state index in [9.17, 15) is 23.1 Å². The topological polar surface area (TPSA) is 57.5 Å². The molecule has 1 aromatic rings. The van der Waals surface area contributed by atoms with E-state index in [0.717, 1.165) is 0 Å². The van der Waals surface area contributed by atoms with Crippen LogP contribution in [0.5, 0.6) is 0 Å². The highest BCUT2D eigenvalue weighted by Crippen LogP contribution is 2.34. The van der Waals surface area contributed by atoms with E-state index in [-0.39, 0.29) is 5.56 Å². The number of hydrogen-bond donors (Lipinski definition) is 2. The summed E-state index contributed by atoms with van der Waals surface area (Å²) in [6.07, 6.45) is -6.22. The molecule has 3 nitrogen and oxygen atoms in total. The molecule has 1 unspecified atom stereocenters. The fourth-order valence-corrected chi connectivity index (χ4v) is 1.38. The molecule has 1 atom stereocenters. The molecule has 0 fully saturated rings. The first-order chi connectivity index (χ1) is 7.68. The SMILES string of the molecule is Cc1ccccc1CC(O)(C(=O)O)C(F)(F)F. The second-order valence-corrected chi connectivity index (χ2v) is 3.77. The quantitative estimate of drug-likeness (QED) is 0.859. The van der Waals surface area contributed by atoms with Crippen molar-refractivity contribution in [1.29, 1.82) is 0 Å². The lowest BCUT2D eigenvalue weighted by molar-refractivity contribution is -0.259. The number of aliphatic carboxylic acids is 1. The molecule has 94 valence electrons. The van der Waals surface area contributed by atoms with Gasteiger partial charge >= 0.3 is 12.1 Å². The Morgan fingerprint density at radius 2 is 1.82 bits per heavy atom. The molecule has 0 aliphatic heterocycles. The van der Waals surface area contributed by atoms with Gasteiger partial charge in [0.05, 0.1) is 0 Å². The average Bonchev–Trinajstić information content (AvgIpc) is 2.19. The number of rotatable bonds is 3. The van der Waals surface area contributed by atoms with Crippen LogP contribution in [0.25, 0.3) is 0 Å². The molecule has 0 aliphatic rings. The minimum atomic E-state index is -5.22. The molecule has 0 radical (unpaired) electrons. The van der Waals surface area contributed by atoms with Crippen LogP contribution in [-0.4, -0.2) is 28.0 Å². The van der Waals surface area contributed by atoms with Crippen molar-refractivity contribution in [2.75, 3.05) is 0 Å². The van der Waals surface area contributed by atoms with Crippen molar-refractivity contribution in [2.24, 2.45) is 0 Å². The standard InChI is InChI=1S/C11H11F3O3/c1-7-4-2-3-5-8(7)6-10(17,9(15)16)11(12,13)14/h2-5,17H,6H2,1H3,(H,15,16). The smallest absolute Gasteiger partial charge is 0.428 e. The molecule has 0 bridgehead atoms. The number of aliphatic hydroxyl groups is 1. The Morgan fingerprint density at radius 1 is 1.29 bits per heavy atom. The van der Waals surface area contributed by atoms with E-state index in [1.807, 2.05) is 0 Å². The zero-order chi connectivity index (χ0) is 13.3. The Bertz CT molecular complexity index is 428. The van der Waals surface area contributed by atoms with E-state index in [0.29, 0.717) is 5.56 Å². The van der Waals surface area contributed by atoms with Crippen molar-refractivity contribution >= 4 is 5.97 Å². The van der Waals surface area contributed by atoms with Crippen molar-refractivity contribution < 1.29 is 28.2 Å². The predicted octanol–water partition coefficient (Wildman–Crippen LogP) is 1.92. The summed E-state index contributed by atoms with van der Waals surface area (Å²) >= 11 is 0. The average molecular weight is 248 g/mol.